The van der Waals surface area contributed by atoms with Gasteiger partial charge in [-0.25, -0.2) is 4.39 Å². The molecule has 0 unspecified atom stereocenters. The maximum atomic E-state index is 12.9. The first kappa shape index (κ1) is 9.62. The minimum Gasteiger partial charge on any atom is -0.387 e. The molecule has 0 radical (unpaired) electrons. The van der Waals surface area contributed by atoms with Crippen LogP contribution in [0.2, 0.25) is 0 Å². The third-order valence-corrected chi connectivity index (χ3v) is 2.81. The van der Waals surface area contributed by atoms with Gasteiger partial charge in [-0.05, 0) is 42.5 Å². The lowest BCUT2D eigenvalue weighted by Gasteiger charge is -2.17. The van der Waals surface area contributed by atoms with Gasteiger partial charge in [0.25, 0.3) is 0 Å². The summed E-state index contributed by atoms with van der Waals surface area (Å²) in [5.74, 6) is -0.244. The van der Waals surface area contributed by atoms with Crippen molar-refractivity contribution in [1.82, 2.24) is 0 Å². The minimum atomic E-state index is -0.645. The van der Waals surface area contributed by atoms with Crippen molar-refractivity contribution in [1.29, 1.82) is 0 Å². The molecule has 1 aromatic rings. The molecule has 0 saturated heterocycles. The lowest BCUT2D eigenvalue weighted by Crippen LogP contribution is -2.27. The Labute approximate surface area is 82.5 Å². The second-order valence-electron chi connectivity index (χ2n) is 3.84. The van der Waals surface area contributed by atoms with Crippen LogP contribution in [-0.4, -0.2) is 11.1 Å². The van der Waals surface area contributed by atoms with E-state index in [1.54, 1.807) is 6.07 Å². The molecule has 1 aliphatic rings. The van der Waals surface area contributed by atoms with E-state index in [1.807, 2.05) is 0 Å². The van der Waals surface area contributed by atoms with E-state index in [-0.39, 0.29) is 11.9 Å². The van der Waals surface area contributed by atoms with E-state index in [1.165, 1.54) is 12.1 Å². The molecule has 14 heavy (non-hydrogen) atoms. The average Bonchev–Trinajstić information content (AvgIpc) is 2.28. The third-order valence-electron chi connectivity index (χ3n) is 2.81. The summed E-state index contributed by atoms with van der Waals surface area (Å²) in [6.07, 6.45) is 1.86. The highest BCUT2D eigenvalue weighted by Crippen LogP contribution is 2.28. The van der Waals surface area contributed by atoms with E-state index in [2.05, 4.69) is 0 Å². The molecule has 76 valence electrons. The number of halogens is 1. The SMILES string of the molecule is N[C@@H]1CCCc2cc(F)ccc2[C@H]1O. The Morgan fingerprint density at radius 1 is 1.43 bits per heavy atom. The lowest BCUT2D eigenvalue weighted by molar-refractivity contribution is 0.144. The Hall–Kier alpha value is -0.930. The summed E-state index contributed by atoms with van der Waals surface area (Å²) in [5.41, 5.74) is 7.47. The Bertz CT molecular complexity index is 340. The Morgan fingerprint density at radius 2 is 2.21 bits per heavy atom. The molecule has 0 heterocycles. The standard InChI is InChI=1S/C11H14FNO/c12-8-4-5-9-7(6-8)2-1-3-10(13)11(9)14/h4-6,10-11,14H,1-3,13H2/t10-,11-/m1/s1. The van der Waals surface area contributed by atoms with Gasteiger partial charge < -0.3 is 10.8 Å². The monoisotopic (exact) mass is 195 g/mol. The van der Waals surface area contributed by atoms with Gasteiger partial charge >= 0.3 is 0 Å². The first-order chi connectivity index (χ1) is 6.68. The van der Waals surface area contributed by atoms with Gasteiger partial charge in [0, 0.05) is 6.04 Å². The van der Waals surface area contributed by atoms with Crippen LogP contribution in [0, 0.1) is 5.82 Å². The summed E-state index contributed by atoms with van der Waals surface area (Å²) in [7, 11) is 0. The summed E-state index contributed by atoms with van der Waals surface area (Å²) in [5, 5.41) is 9.85. The van der Waals surface area contributed by atoms with Crippen LogP contribution in [0.3, 0.4) is 0 Å². The first-order valence-electron chi connectivity index (χ1n) is 4.90. The van der Waals surface area contributed by atoms with Crippen molar-refractivity contribution in [2.24, 2.45) is 5.73 Å². The molecular weight excluding hydrogens is 181 g/mol. The van der Waals surface area contributed by atoms with Crippen LogP contribution in [-0.2, 0) is 6.42 Å². The molecule has 1 aliphatic carbocycles. The molecule has 1 aromatic carbocycles. The fourth-order valence-corrected chi connectivity index (χ4v) is 2.00. The van der Waals surface area contributed by atoms with Gasteiger partial charge in [-0.2, -0.15) is 0 Å². The zero-order chi connectivity index (χ0) is 10.1. The first-order valence-corrected chi connectivity index (χ1v) is 4.90. The molecule has 0 saturated carbocycles. The number of hydrogen-bond donors (Lipinski definition) is 2. The highest BCUT2D eigenvalue weighted by molar-refractivity contribution is 5.31. The van der Waals surface area contributed by atoms with E-state index in [9.17, 15) is 9.50 Å². The van der Waals surface area contributed by atoms with Crippen molar-refractivity contribution in [3.05, 3.63) is 35.1 Å². The van der Waals surface area contributed by atoms with Gasteiger partial charge in [-0.15, -0.1) is 0 Å². The van der Waals surface area contributed by atoms with Gasteiger partial charge in [-0.1, -0.05) is 6.07 Å². The zero-order valence-electron chi connectivity index (χ0n) is 7.91. The smallest absolute Gasteiger partial charge is 0.123 e. The van der Waals surface area contributed by atoms with Crippen LogP contribution in [0.25, 0.3) is 0 Å². The highest BCUT2D eigenvalue weighted by Gasteiger charge is 2.22. The topological polar surface area (TPSA) is 46.2 Å². The van der Waals surface area contributed by atoms with Crippen LogP contribution >= 0.6 is 0 Å². The molecular formula is C11H14FNO. The number of aliphatic hydroxyl groups excluding tert-OH is 1. The van der Waals surface area contributed by atoms with Gasteiger partial charge in [0.15, 0.2) is 0 Å². The Morgan fingerprint density at radius 3 is 3.00 bits per heavy atom. The average molecular weight is 195 g/mol. The normalized spacial score (nSPS) is 26.8. The van der Waals surface area contributed by atoms with Crippen molar-refractivity contribution in [2.75, 3.05) is 0 Å². The molecule has 0 spiro atoms. The van der Waals surface area contributed by atoms with E-state index in [4.69, 9.17) is 5.73 Å². The predicted octanol–water partition coefficient (Wildman–Crippen LogP) is 1.52. The number of rotatable bonds is 0. The van der Waals surface area contributed by atoms with Gasteiger partial charge in [0.05, 0.1) is 6.10 Å². The fraction of sp³-hybridized carbons (Fsp3) is 0.455. The molecule has 3 heteroatoms. The van der Waals surface area contributed by atoms with E-state index < -0.39 is 6.10 Å². The summed E-state index contributed by atoms with van der Waals surface area (Å²) < 4.78 is 12.9. The van der Waals surface area contributed by atoms with Crippen molar-refractivity contribution in [3.63, 3.8) is 0 Å². The van der Waals surface area contributed by atoms with Crippen molar-refractivity contribution in [3.8, 4) is 0 Å². The maximum Gasteiger partial charge on any atom is 0.123 e. The van der Waals surface area contributed by atoms with Gasteiger partial charge in [0.2, 0.25) is 0 Å². The van der Waals surface area contributed by atoms with E-state index in [0.717, 1.165) is 30.4 Å². The number of fused-ring (bicyclic) bond motifs is 1. The highest BCUT2D eigenvalue weighted by atomic mass is 19.1. The minimum absolute atomic E-state index is 0.221. The third kappa shape index (κ3) is 1.65. The fourth-order valence-electron chi connectivity index (χ4n) is 2.00. The Kier molecular flexibility index (Phi) is 2.52. The maximum absolute atomic E-state index is 12.9. The number of benzene rings is 1. The summed E-state index contributed by atoms with van der Waals surface area (Å²) in [4.78, 5) is 0. The summed E-state index contributed by atoms with van der Waals surface area (Å²) >= 11 is 0. The second kappa shape index (κ2) is 3.67. The molecule has 2 rings (SSSR count). The van der Waals surface area contributed by atoms with E-state index >= 15 is 0 Å². The summed E-state index contributed by atoms with van der Waals surface area (Å²) in [6, 6.07) is 4.29. The quantitative estimate of drug-likeness (QED) is 0.616. The zero-order valence-corrected chi connectivity index (χ0v) is 7.91. The molecule has 0 aromatic heterocycles. The van der Waals surface area contributed by atoms with Crippen LogP contribution in [0.1, 0.15) is 30.1 Å². The number of aryl methyl sites for hydroxylation is 1. The second-order valence-corrected chi connectivity index (χ2v) is 3.84. The van der Waals surface area contributed by atoms with Crippen LogP contribution in [0.5, 0.6) is 0 Å². The summed E-state index contributed by atoms with van der Waals surface area (Å²) in [6.45, 7) is 0. The Balaban J connectivity index is 2.43. The lowest BCUT2D eigenvalue weighted by atomic mass is 9.99. The molecule has 2 nitrogen and oxygen atoms in total. The van der Waals surface area contributed by atoms with Crippen molar-refractivity contribution in [2.45, 2.75) is 31.4 Å². The molecule has 0 aliphatic heterocycles. The van der Waals surface area contributed by atoms with Crippen LogP contribution < -0.4 is 5.73 Å². The van der Waals surface area contributed by atoms with Crippen LogP contribution in [0.15, 0.2) is 18.2 Å². The predicted molar refractivity (Wildman–Crippen MR) is 52.3 cm³/mol. The van der Waals surface area contributed by atoms with Crippen LogP contribution in [0.4, 0.5) is 4.39 Å². The molecule has 2 atom stereocenters. The number of aliphatic hydroxyl groups is 1. The van der Waals surface area contributed by atoms with Gasteiger partial charge in [-0.3, -0.25) is 0 Å². The number of nitrogens with two attached hydrogens (primary N) is 1. The van der Waals surface area contributed by atoms with E-state index in [0.29, 0.717) is 0 Å². The molecule has 0 bridgehead atoms. The molecule has 3 N–H and O–H groups in total. The van der Waals surface area contributed by atoms with Gasteiger partial charge in [0.1, 0.15) is 5.82 Å². The molecule has 0 fully saturated rings. The largest absolute Gasteiger partial charge is 0.387 e. The van der Waals surface area contributed by atoms with Crippen molar-refractivity contribution < 1.29 is 9.50 Å². The van der Waals surface area contributed by atoms with Crippen molar-refractivity contribution >= 4 is 0 Å². The molecule has 0 amide bonds. The number of hydrogen-bond acceptors (Lipinski definition) is 2.